The molecule has 33 heavy (non-hydrogen) atoms. The first-order chi connectivity index (χ1) is 15.8. The van der Waals surface area contributed by atoms with E-state index in [4.69, 9.17) is 16.3 Å². The van der Waals surface area contributed by atoms with E-state index in [0.29, 0.717) is 18.5 Å². The fourth-order valence-electron chi connectivity index (χ4n) is 5.14. The number of ether oxygens (including phenoxy) is 1. The van der Waals surface area contributed by atoms with Crippen molar-refractivity contribution in [3.63, 3.8) is 0 Å². The summed E-state index contributed by atoms with van der Waals surface area (Å²) in [7, 11) is 0. The van der Waals surface area contributed by atoms with Crippen LogP contribution < -0.4 is 10.1 Å². The van der Waals surface area contributed by atoms with Gasteiger partial charge in [0.25, 0.3) is 5.91 Å². The fourth-order valence-corrected chi connectivity index (χ4v) is 5.26. The summed E-state index contributed by atoms with van der Waals surface area (Å²) in [6, 6.07) is 11.6. The van der Waals surface area contributed by atoms with E-state index < -0.39 is 5.82 Å². The van der Waals surface area contributed by atoms with Crippen LogP contribution in [-0.4, -0.2) is 38.6 Å². The van der Waals surface area contributed by atoms with E-state index in [0.717, 1.165) is 24.8 Å². The second-order valence-electron chi connectivity index (χ2n) is 9.14. The highest BCUT2D eigenvalue weighted by molar-refractivity contribution is 6.30. The van der Waals surface area contributed by atoms with Crippen molar-refractivity contribution in [1.29, 1.82) is 0 Å². The third-order valence-electron chi connectivity index (χ3n) is 6.38. The Morgan fingerprint density at radius 2 is 2.00 bits per heavy atom. The molecule has 1 aromatic heterocycles. The molecule has 0 spiro atoms. The maximum Gasteiger partial charge on any atom is 0.251 e. The average Bonchev–Trinajstić information content (AvgIpc) is 3.25. The lowest BCUT2D eigenvalue weighted by Gasteiger charge is -2.70. The third-order valence-corrected chi connectivity index (χ3v) is 6.69. The van der Waals surface area contributed by atoms with Crippen LogP contribution in [0.25, 0.3) is 0 Å². The highest BCUT2D eigenvalue weighted by Crippen LogP contribution is 2.69. The molecule has 0 saturated heterocycles. The Labute approximate surface area is 194 Å². The molecule has 1 heterocycles. The van der Waals surface area contributed by atoms with E-state index >= 15 is 0 Å². The van der Waals surface area contributed by atoms with E-state index in [-0.39, 0.29) is 40.0 Å². The second kappa shape index (κ2) is 8.26. The van der Waals surface area contributed by atoms with Crippen molar-refractivity contribution in [3.8, 4) is 5.75 Å². The van der Waals surface area contributed by atoms with Gasteiger partial charge in [-0.15, -0.1) is 0 Å². The van der Waals surface area contributed by atoms with Crippen LogP contribution in [0.15, 0.2) is 55.1 Å². The quantitative estimate of drug-likeness (QED) is 0.516. The molecular weight excluding hydrogens is 447 g/mol. The Morgan fingerprint density at radius 1 is 1.18 bits per heavy atom. The number of amides is 1. The van der Waals surface area contributed by atoms with Gasteiger partial charge in [0.15, 0.2) is 5.78 Å². The van der Waals surface area contributed by atoms with Crippen LogP contribution in [0.5, 0.6) is 5.75 Å². The molecule has 3 aliphatic carbocycles. The van der Waals surface area contributed by atoms with Gasteiger partial charge in [0.05, 0.1) is 11.6 Å². The first-order valence-corrected chi connectivity index (χ1v) is 11.1. The van der Waals surface area contributed by atoms with Gasteiger partial charge in [0, 0.05) is 23.6 Å². The number of hydrogen-bond acceptors (Lipinski definition) is 5. The molecule has 1 N–H and O–H groups in total. The number of benzene rings is 2. The lowest BCUT2D eigenvalue weighted by Crippen LogP contribution is -2.75. The van der Waals surface area contributed by atoms with Crippen LogP contribution in [-0.2, 0) is 11.3 Å². The molecule has 9 heteroatoms. The van der Waals surface area contributed by atoms with E-state index in [2.05, 4.69) is 15.4 Å². The Kier molecular flexibility index (Phi) is 5.40. The number of ketones is 1. The Hall–Kier alpha value is -3.26. The van der Waals surface area contributed by atoms with Crippen molar-refractivity contribution in [2.75, 3.05) is 6.61 Å². The number of carbonyl (C=O) groups is 2. The van der Waals surface area contributed by atoms with Gasteiger partial charge in [-0.1, -0.05) is 23.7 Å². The molecule has 0 aliphatic heterocycles. The van der Waals surface area contributed by atoms with Crippen molar-refractivity contribution in [2.24, 2.45) is 5.41 Å². The number of carbonyl (C=O) groups excluding carboxylic acids is 2. The van der Waals surface area contributed by atoms with Crippen molar-refractivity contribution in [2.45, 2.75) is 37.8 Å². The highest BCUT2D eigenvalue weighted by Gasteiger charge is 2.68. The zero-order valence-corrected chi connectivity index (χ0v) is 18.5. The number of halogens is 2. The molecule has 3 saturated carbocycles. The summed E-state index contributed by atoms with van der Waals surface area (Å²) in [5.74, 6) is -0.450. The Balaban J connectivity index is 1.10. The lowest BCUT2D eigenvalue weighted by atomic mass is 9.38. The predicted octanol–water partition coefficient (Wildman–Crippen LogP) is 3.81. The molecule has 2 aromatic carbocycles. The highest BCUT2D eigenvalue weighted by atomic mass is 35.5. The minimum Gasteiger partial charge on any atom is -0.486 e. The number of hydrogen-bond donors (Lipinski definition) is 1. The topological polar surface area (TPSA) is 86.1 Å². The molecule has 0 radical (unpaired) electrons. The maximum atomic E-state index is 13.5. The molecular formula is C24H22ClFN4O3. The Morgan fingerprint density at radius 3 is 2.73 bits per heavy atom. The Bertz CT molecular complexity index is 1190. The third kappa shape index (κ3) is 4.48. The van der Waals surface area contributed by atoms with Gasteiger partial charge in [-0.2, -0.15) is 5.10 Å². The number of aromatic nitrogens is 3. The first-order valence-electron chi connectivity index (χ1n) is 10.7. The van der Waals surface area contributed by atoms with Gasteiger partial charge >= 0.3 is 0 Å². The smallest absolute Gasteiger partial charge is 0.251 e. The molecule has 2 bridgehead atoms. The van der Waals surface area contributed by atoms with E-state index in [1.165, 1.54) is 24.5 Å². The maximum absolute atomic E-state index is 13.5. The zero-order valence-electron chi connectivity index (χ0n) is 17.8. The summed E-state index contributed by atoms with van der Waals surface area (Å²) in [6.07, 6.45) is 5.86. The van der Waals surface area contributed by atoms with Crippen LogP contribution in [0.3, 0.4) is 0 Å². The summed E-state index contributed by atoms with van der Waals surface area (Å²) in [5, 5.41) is 7.26. The SMILES string of the molecule is O=C(COc1ccc(Cl)c(F)c1)CC12CC(NC(=O)c3cccc(Cn4cncn4)c3)(C1)C2. The molecule has 170 valence electrons. The number of nitrogens with one attached hydrogen (secondary N) is 1. The monoisotopic (exact) mass is 468 g/mol. The molecule has 1 amide bonds. The van der Waals surface area contributed by atoms with Crippen molar-refractivity contribution in [3.05, 3.63) is 77.1 Å². The van der Waals surface area contributed by atoms with Gasteiger partial charge < -0.3 is 10.1 Å². The second-order valence-corrected chi connectivity index (χ2v) is 9.55. The fraction of sp³-hybridized carbons (Fsp3) is 0.333. The molecule has 3 fully saturated rings. The summed E-state index contributed by atoms with van der Waals surface area (Å²) < 4.78 is 20.6. The molecule has 3 aliphatic rings. The van der Waals surface area contributed by atoms with Gasteiger partial charge in [0.1, 0.15) is 30.8 Å². The van der Waals surface area contributed by atoms with Gasteiger partial charge in [-0.05, 0) is 54.5 Å². The van der Waals surface area contributed by atoms with Crippen molar-refractivity contribution < 1.29 is 18.7 Å². The standard InChI is InChI=1S/C24H22ClFN4O3/c25-20-5-4-19(7-21(20)26)33-10-18(31)8-23-11-24(12-23,13-23)29-22(32)17-3-1-2-16(6-17)9-30-15-27-14-28-30/h1-7,14-15H,8-13H2,(H,29,32). The minimum atomic E-state index is -0.581. The average molecular weight is 469 g/mol. The largest absolute Gasteiger partial charge is 0.486 e. The van der Waals surface area contributed by atoms with E-state index in [1.54, 1.807) is 17.1 Å². The van der Waals surface area contributed by atoms with Crippen molar-refractivity contribution in [1.82, 2.24) is 20.1 Å². The molecule has 0 unspecified atom stereocenters. The van der Waals surface area contributed by atoms with Gasteiger partial charge in [-0.25, -0.2) is 14.1 Å². The van der Waals surface area contributed by atoms with Crippen LogP contribution >= 0.6 is 11.6 Å². The van der Waals surface area contributed by atoms with Crippen LogP contribution in [0.1, 0.15) is 41.6 Å². The molecule has 0 atom stereocenters. The van der Waals surface area contributed by atoms with Crippen LogP contribution in [0, 0.1) is 11.2 Å². The molecule has 3 aromatic rings. The first kappa shape index (κ1) is 21.6. The summed E-state index contributed by atoms with van der Waals surface area (Å²) in [5.41, 5.74) is 1.28. The predicted molar refractivity (Wildman–Crippen MR) is 119 cm³/mol. The zero-order chi connectivity index (χ0) is 23.1. The molecule has 7 nitrogen and oxygen atoms in total. The summed E-state index contributed by atoms with van der Waals surface area (Å²) in [4.78, 5) is 29.1. The van der Waals surface area contributed by atoms with Crippen LogP contribution in [0.4, 0.5) is 4.39 Å². The summed E-state index contributed by atoms with van der Waals surface area (Å²) >= 11 is 5.65. The number of Topliss-reactive ketones (excluding diaryl/α,β-unsaturated/α-hetero) is 1. The van der Waals surface area contributed by atoms with Gasteiger partial charge in [0.2, 0.25) is 0 Å². The van der Waals surface area contributed by atoms with E-state index in [1.807, 2.05) is 18.2 Å². The summed E-state index contributed by atoms with van der Waals surface area (Å²) in [6.45, 7) is 0.433. The number of rotatable bonds is 9. The van der Waals surface area contributed by atoms with Crippen molar-refractivity contribution >= 4 is 23.3 Å². The minimum absolute atomic E-state index is 0.0109. The van der Waals surface area contributed by atoms with Crippen LogP contribution in [0.2, 0.25) is 5.02 Å². The van der Waals surface area contributed by atoms with E-state index in [9.17, 15) is 14.0 Å². The number of nitrogens with zero attached hydrogens (tertiary/aromatic N) is 3. The molecule has 6 rings (SSSR count). The lowest BCUT2D eigenvalue weighted by molar-refractivity contribution is -0.162. The van der Waals surface area contributed by atoms with Gasteiger partial charge in [-0.3, -0.25) is 9.59 Å². The normalized spacial score (nSPS) is 22.7.